The SMILES string of the molecule is CCc1c(C)nn(-c2ccc(Cl)c(C(=O)OCc3ccccc3Cl)c2)c1C. The molecule has 0 unspecified atom stereocenters. The number of esters is 1. The van der Waals surface area contributed by atoms with Gasteiger partial charge in [-0.3, -0.25) is 0 Å². The Bertz CT molecular complexity index is 996. The third kappa shape index (κ3) is 4.02. The van der Waals surface area contributed by atoms with Crippen molar-refractivity contribution in [2.45, 2.75) is 33.8 Å². The summed E-state index contributed by atoms with van der Waals surface area (Å²) in [4.78, 5) is 12.6. The Kier molecular flexibility index (Phi) is 5.88. The lowest BCUT2D eigenvalue weighted by atomic mass is 10.1. The molecule has 0 amide bonds. The van der Waals surface area contributed by atoms with Crippen LogP contribution < -0.4 is 0 Å². The van der Waals surface area contributed by atoms with Gasteiger partial charge in [-0.2, -0.15) is 5.10 Å². The standard InChI is InChI=1S/C21H20Cl2N2O2/c1-4-17-13(2)24-25(14(17)3)16-9-10-20(23)18(11-16)21(26)27-12-15-7-5-6-8-19(15)22/h5-11H,4,12H2,1-3H3. The Morgan fingerprint density at radius 2 is 1.85 bits per heavy atom. The number of carbonyl (C=O) groups excluding carboxylic acids is 1. The summed E-state index contributed by atoms with van der Waals surface area (Å²) in [5.74, 6) is -0.501. The molecule has 0 aliphatic carbocycles. The fraction of sp³-hybridized carbons (Fsp3) is 0.238. The maximum absolute atomic E-state index is 12.6. The van der Waals surface area contributed by atoms with Crippen LogP contribution in [0.25, 0.3) is 5.69 Å². The number of benzene rings is 2. The summed E-state index contributed by atoms with van der Waals surface area (Å²) in [5.41, 5.74) is 5.04. The average Bonchev–Trinajstić information content (AvgIpc) is 2.94. The third-order valence-electron chi connectivity index (χ3n) is 4.53. The van der Waals surface area contributed by atoms with Crippen LogP contribution in [-0.4, -0.2) is 15.7 Å². The van der Waals surface area contributed by atoms with Crippen molar-refractivity contribution in [2.75, 3.05) is 0 Å². The minimum Gasteiger partial charge on any atom is -0.457 e. The molecule has 0 spiro atoms. The second-order valence-electron chi connectivity index (χ2n) is 6.25. The van der Waals surface area contributed by atoms with Crippen molar-refractivity contribution in [1.29, 1.82) is 0 Å². The highest BCUT2D eigenvalue weighted by atomic mass is 35.5. The lowest BCUT2D eigenvalue weighted by Gasteiger charge is -2.10. The molecule has 0 N–H and O–H groups in total. The molecule has 1 heterocycles. The van der Waals surface area contributed by atoms with Gasteiger partial charge >= 0.3 is 5.97 Å². The van der Waals surface area contributed by atoms with Crippen molar-refractivity contribution in [1.82, 2.24) is 9.78 Å². The maximum Gasteiger partial charge on any atom is 0.340 e. The van der Waals surface area contributed by atoms with E-state index in [-0.39, 0.29) is 6.61 Å². The summed E-state index contributed by atoms with van der Waals surface area (Å²) in [6, 6.07) is 12.5. The van der Waals surface area contributed by atoms with Crippen LogP contribution >= 0.6 is 23.2 Å². The van der Waals surface area contributed by atoms with Crippen LogP contribution in [-0.2, 0) is 17.8 Å². The second-order valence-corrected chi connectivity index (χ2v) is 7.06. The Labute approximate surface area is 168 Å². The van der Waals surface area contributed by atoms with Crippen molar-refractivity contribution in [3.8, 4) is 5.69 Å². The second kappa shape index (κ2) is 8.15. The van der Waals surface area contributed by atoms with Gasteiger partial charge in [0.05, 0.1) is 22.0 Å². The van der Waals surface area contributed by atoms with Crippen LogP contribution in [0, 0.1) is 13.8 Å². The topological polar surface area (TPSA) is 44.1 Å². The Hall–Kier alpha value is -2.30. The van der Waals surface area contributed by atoms with Crippen molar-refractivity contribution >= 4 is 29.2 Å². The predicted octanol–water partition coefficient (Wildman–Crippen LogP) is 5.72. The Morgan fingerprint density at radius 3 is 2.52 bits per heavy atom. The van der Waals surface area contributed by atoms with Gasteiger partial charge in [0.15, 0.2) is 0 Å². The zero-order chi connectivity index (χ0) is 19.6. The Balaban J connectivity index is 1.87. The highest BCUT2D eigenvalue weighted by molar-refractivity contribution is 6.33. The van der Waals surface area contributed by atoms with E-state index >= 15 is 0 Å². The zero-order valence-corrected chi connectivity index (χ0v) is 16.9. The number of nitrogens with zero attached hydrogens (tertiary/aromatic N) is 2. The van der Waals surface area contributed by atoms with Crippen LogP contribution in [0.2, 0.25) is 10.0 Å². The lowest BCUT2D eigenvalue weighted by Crippen LogP contribution is -2.08. The summed E-state index contributed by atoms with van der Waals surface area (Å²) in [7, 11) is 0. The molecule has 0 saturated carbocycles. The largest absolute Gasteiger partial charge is 0.457 e. The van der Waals surface area contributed by atoms with Gasteiger partial charge in [0.25, 0.3) is 0 Å². The number of aromatic nitrogens is 2. The third-order valence-corrected chi connectivity index (χ3v) is 5.22. The van der Waals surface area contributed by atoms with E-state index in [4.69, 9.17) is 27.9 Å². The molecule has 4 nitrogen and oxygen atoms in total. The number of carbonyl (C=O) groups is 1. The van der Waals surface area contributed by atoms with Crippen molar-refractivity contribution in [3.05, 3.63) is 80.6 Å². The molecule has 0 atom stereocenters. The van der Waals surface area contributed by atoms with E-state index in [0.29, 0.717) is 15.6 Å². The van der Waals surface area contributed by atoms with E-state index in [1.54, 1.807) is 18.2 Å². The number of hydrogen-bond acceptors (Lipinski definition) is 3. The number of aryl methyl sites for hydroxylation is 1. The molecule has 0 bridgehead atoms. The molecule has 6 heteroatoms. The summed E-state index contributed by atoms with van der Waals surface area (Å²) < 4.78 is 7.24. The highest BCUT2D eigenvalue weighted by Gasteiger charge is 2.17. The first-order valence-corrected chi connectivity index (χ1v) is 9.43. The number of halogens is 2. The smallest absolute Gasteiger partial charge is 0.340 e. The van der Waals surface area contributed by atoms with Crippen molar-refractivity contribution in [3.63, 3.8) is 0 Å². The van der Waals surface area contributed by atoms with Crippen LogP contribution in [0.15, 0.2) is 42.5 Å². The van der Waals surface area contributed by atoms with Gasteiger partial charge in [0, 0.05) is 16.3 Å². The van der Waals surface area contributed by atoms with Crippen LogP contribution in [0.4, 0.5) is 0 Å². The van der Waals surface area contributed by atoms with E-state index in [2.05, 4.69) is 12.0 Å². The lowest BCUT2D eigenvalue weighted by molar-refractivity contribution is 0.0473. The van der Waals surface area contributed by atoms with Crippen LogP contribution in [0.3, 0.4) is 0 Å². The molecule has 3 rings (SSSR count). The number of rotatable bonds is 5. The van der Waals surface area contributed by atoms with E-state index in [1.807, 2.05) is 42.8 Å². The molecule has 0 aliphatic rings. The number of hydrogen-bond donors (Lipinski definition) is 0. The van der Waals surface area contributed by atoms with Gasteiger partial charge in [0.1, 0.15) is 6.61 Å². The van der Waals surface area contributed by atoms with E-state index in [1.165, 1.54) is 5.56 Å². The number of ether oxygens (including phenoxy) is 1. The average molecular weight is 403 g/mol. The summed E-state index contributed by atoms with van der Waals surface area (Å²) in [6.07, 6.45) is 0.901. The summed E-state index contributed by atoms with van der Waals surface area (Å²) in [6.45, 7) is 6.18. The van der Waals surface area contributed by atoms with Gasteiger partial charge < -0.3 is 4.74 Å². The van der Waals surface area contributed by atoms with Crippen LogP contribution in [0.1, 0.15) is 39.8 Å². The van der Waals surface area contributed by atoms with E-state index < -0.39 is 5.97 Å². The molecule has 27 heavy (non-hydrogen) atoms. The molecular weight excluding hydrogens is 383 g/mol. The normalized spacial score (nSPS) is 10.9. The van der Waals surface area contributed by atoms with Gasteiger partial charge in [-0.25, -0.2) is 9.48 Å². The first-order chi connectivity index (χ1) is 12.9. The highest BCUT2D eigenvalue weighted by Crippen LogP contribution is 2.24. The summed E-state index contributed by atoms with van der Waals surface area (Å²) >= 11 is 12.3. The molecule has 2 aromatic carbocycles. The molecule has 0 radical (unpaired) electrons. The fourth-order valence-corrected chi connectivity index (χ4v) is 3.46. The predicted molar refractivity (Wildman–Crippen MR) is 108 cm³/mol. The molecular formula is C21H20Cl2N2O2. The summed E-state index contributed by atoms with van der Waals surface area (Å²) in [5, 5.41) is 5.48. The minimum absolute atomic E-state index is 0.0823. The molecule has 0 saturated heterocycles. The molecule has 3 aromatic rings. The van der Waals surface area contributed by atoms with Crippen LogP contribution in [0.5, 0.6) is 0 Å². The zero-order valence-electron chi connectivity index (χ0n) is 15.4. The quantitative estimate of drug-likeness (QED) is 0.512. The maximum atomic E-state index is 12.6. The van der Waals surface area contributed by atoms with Crippen molar-refractivity contribution in [2.24, 2.45) is 0 Å². The van der Waals surface area contributed by atoms with E-state index in [9.17, 15) is 4.79 Å². The minimum atomic E-state index is -0.501. The van der Waals surface area contributed by atoms with Gasteiger partial charge in [-0.05, 0) is 50.1 Å². The first-order valence-electron chi connectivity index (χ1n) is 8.68. The molecule has 0 aliphatic heterocycles. The fourth-order valence-electron chi connectivity index (χ4n) is 3.08. The monoisotopic (exact) mass is 402 g/mol. The van der Waals surface area contributed by atoms with Gasteiger partial charge in [-0.1, -0.05) is 48.3 Å². The van der Waals surface area contributed by atoms with Gasteiger partial charge in [-0.15, -0.1) is 0 Å². The van der Waals surface area contributed by atoms with E-state index in [0.717, 1.165) is 29.1 Å². The molecule has 0 fully saturated rings. The van der Waals surface area contributed by atoms with Crippen molar-refractivity contribution < 1.29 is 9.53 Å². The van der Waals surface area contributed by atoms with Gasteiger partial charge in [0.2, 0.25) is 0 Å². The first kappa shape index (κ1) is 19.5. The molecule has 1 aromatic heterocycles. The Morgan fingerprint density at radius 1 is 1.11 bits per heavy atom. The molecule has 140 valence electrons.